The summed E-state index contributed by atoms with van der Waals surface area (Å²) in [4.78, 5) is 13.6. The molecule has 19 heavy (non-hydrogen) atoms. The van der Waals surface area contributed by atoms with E-state index in [9.17, 15) is 18.0 Å². The minimum atomic E-state index is -4.49. The number of likely N-dealkylation sites (tertiary alicyclic amines) is 1. The van der Waals surface area contributed by atoms with Crippen molar-refractivity contribution in [3.8, 4) is 0 Å². The Morgan fingerprint density at radius 2 is 1.79 bits per heavy atom. The van der Waals surface area contributed by atoms with E-state index in [2.05, 4.69) is 9.64 Å². The first-order valence-electron chi connectivity index (χ1n) is 6.79. The van der Waals surface area contributed by atoms with Crippen molar-refractivity contribution in [3.05, 3.63) is 0 Å². The molecule has 1 heterocycles. The zero-order chi connectivity index (χ0) is 14.5. The number of hydrogen-bond donors (Lipinski definition) is 0. The van der Waals surface area contributed by atoms with Gasteiger partial charge in [0.05, 0.1) is 6.42 Å². The molecule has 0 bridgehead atoms. The average Bonchev–Trinajstić information content (AvgIpc) is 2.33. The van der Waals surface area contributed by atoms with E-state index in [1.807, 2.05) is 0 Å². The monoisotopic (exact) mass is 281 g/mol. The number of rotatable bonds is 5. The third-order valence-electron chi connectivity index (χ3n) is 3.27. The maximum absolute atomic E-state index is 12.6. The van der Waals surface area contributed by atoms with Gasteiger partial charge in [0.15, 0.2) is 6.10 Å². The zero-order valence-corrected chi connectivity index (χ0v) is 11.5. The first-order valence-corrected chi connectivity index (χ1v) is 6.79. The van der Waals surface area contributed by atoms with E-state index in [1.165, 1.54) is 20.3 Å². The number of esters is 1. The lowest BCUT2D eigenvalue weighted by Gasteiger charge is -2.27. The van der Waals surface area contributed by atoms with E-state index in [1.54, 1.807) is 0 Å². The second-order valence-corrected chi connectivity index (χ2v) is 5.35. The van der Waals surface area contributed by atoms with Gasteiger partial charge in [-0.15, -0.1) is 0 Å². The Labute approximate surface area is 112 Å². The van der Waals surface area contributed by atoms with Gasteiger partial charge in [-0.1, -0.05) is 20.3 Å². The highest BCUT2D eigenvalue weighted by molar-refractivity contribution is 5.69. The van der Waals surface area contributed by atoms with Crippen molar-refractivity contribution in [2.24, 2.45) is 5.92 Å². The lowest BCUT2D eigenvalue weighted by atomic mass is 10.1. The molecular weight excluding hydrogens is 259 g/mol. The van der Waals surface area contributed by atoms with Gasteiger partial charge in [0.2, 0.25) is 0 Å². The maximum Gasteiger partial charge on any atom is 0.425 e. The smallest absolute Gasteiger partial charge is 0.425 e. The molecule has 1 aliphatic rings. The van der Waals surface area contributed by atoms with Gasteiger partial charge < -0.3 is 9.64 Å². The molecule has 0 amide bonds. The van der Waals surface area contributed by atoms with Crippen molar-refractivity contribution >= 4 is 5.97 Å². The number of hydrogen-bond acceptors (Lipinski definition) is 3. The number of carbonyl (C=O) groups is 1. The van der Waals surface area contributed by atoms with Crippen LogP contribution in [0.25, 0.3) is 0 Å². The molecule has 3 nitrogen and oxygen atoms in total. The fourth-order valence-corrected chi connectivity index (χ4v) is 2.21. The highest BCUT2D eigenvalue weighted by Gasteiger charge is 2.44. The van der Waals surface area contributed by atoms with Crippen LogP contribution in [0.4, 0.5) is 13.2 Å². The number of halogens is 3. The fourth-order valence-electron chi connectivity index (χ4n) is 2.21. The van der Waals surface area contributed by atoms with Gasteiger partial charge in [-0.25, -0.2) is 0 Å². The van der Waals surface area contributed by atoms with Crippen LogP contribution in [-0.4, -0.2) is 42.8 Å². The van der Waals surface area contributed by atoms with E-state index in [0.29, 0.717) is 6.54 Å². The van der Waals surface area contributed by atoms with Gasteiger partial charge in [0.25, 0.3) is 0 Å². The van der Waals surface area contributed by atoms with Crippen molar-refractivity contribution in [1.29, 1.82) is 0 Å². The quantitative estimate of drug-likeness (QED) is 0.726. The summed E-state index contributed by atoms with van der Waals surface area (Å²) < 4.78 is 42.5. The Kier molecular flexibility index (Phi) is 6.10. The average molecular weight is 281 g/mol. The summed E-state index contributed by atoms with van der Waals surface area (Å²) >= 11 is 0. The summed E-state index contributed by atoms with van der Waals surface area (Å²) in [5.74, 6) is -1.53. The van der Waals surface area contributed by atoms with Crippen LogP contribution in [0.3, 0.4) is 0 Å². The molecule has 112 valence electrons. The zero-order valence-electron chi connectivity index (χ0n) is 11.5. The number of carbonyl (C=O) groups excluding carboxylic acids is 1. The third-order valence-corrected chi connectivity index (χ3v) is 3.27. The van der Waals surface area contributed by atoms with Gasteiger partial charge >= 0.3 is 12.1 Å². The lowest BCUT2D eigenvalue weighted by molar-refractivity contribution is -0.231. The van der Waals surface area contributed by atoms with Crippen LogP contribution in [0.2, 0.25) is 0 Å². The third kappa shape index (κ3) is 5.80. The highest BCUT2D eigenvalue weighted by atomic mass is 19.4. The second kappa shape index (κ2) is 7.12. The molecule has 1 rings (SSSR count). The molecule has 6 heteroatoms. The van der Waals surface area contributed by atoms with E-state index >= 15 is 0 Å². The molecule has 0 spiro atoms. The Balaban J connectivity index is 2.36. The first kappa shape index (κ1) is 16.3. The van der Waals surface area contributed by atoms with Crippen LogP contribution in [0.1, 0.15) is 39.5 Å². The molecule has 0 aromatic rings. The van der Waals surface area contributed by atoms with Crippen LogP contribution in [0, 0.1) is 5.92 Å². The molecule has 0 aromatic heterocycles. The summed E-state index contributed by atoms with van der Waals surface area (Å²) in [6, 6.07) is 0. The molecule has 0 saturated carbocycles. The first-order chi connectivity index (χ1) is 8.80. The van der Waals surface area contributed by atoms with Crippen LogP contribution in [-0.2, 0) is 9.53 Å². The van der Waals surface area contributed by atoms with Crippen LogP contribution in [0.5, 0.6) is 0 Å². The molecule has 0 aromatic carbocycles. The van der Waals surface area contributed by atoms with Crippen molar-refractivity contribution in [3.63, 3.8) is 0 Å². The molecule has 1 atom stereocenters. The molecule has 1 aliphatic heterocycles. The Bertz CT molecular complexity index is 286. The summed E-state index contributed by atoms with van der Waals surface area (Å²) in [6.45, 7) is 5.12. The topological polar surface area (TPSA) is 29.5 Å². The van der Waals surface area contributed by atoms with Gasteiger partial charge in [-0.05, 0) is 31.8 Å². The van der Waals surface area contributed by atoms with E-state index in [4.69, 9.17) is 0 Å². The molecule has 0 radical (unpaired) electrons. The number of nitrogens with zero attached hydrogens (tertiary/aromatic N) is 1. The lowest BCUT2D eigenvalue weighted by Crippen LogP contribution is -2.39. The van der Waals surface area contributed by atoms with E-state index in [0.717, 1.165) is 25.9 Å². The summed E-state index contributed by atoms with van der Waals surface area (Å²) in [6.07, 6.45) is -3.10. The minimum absolute atomic E-state index is 0.0271. The van der Waals surface area contributed by atoms with Crippen LogP contribution >= 0.6 is 0 Å². The maximum atomic E-state index is 12.6. The second-order valence-electron chi connectivity index (χ2n) is 5.35. The van der Waals surface area contributed by atoms with E-state index < -0.39 is 24.2 Å². The molecule has 1 fully saturated rings. The number of alkyl halides is 3. The summed E-state index contributed by atoms with van der Waals surface area (Å²) in [5.41, 5.74) is 0. The molecular formula is C13H22F3NO2. The summed E-state index contributed by atoms with van der Waals surface area (Å²) in [5, 5.41) is 0. The minimum Gasteiger partial charge on any atom is -0.452 e. The number of piperidine rings is 1. The van der Waals surface area contributed by atoms with Crippen LogP contribution in [0.15, 0.2) is 0 Å². The predicted octanol–water partition coefficient (Wildman–Crippen LogP) is 2.99. The predicted molar refractivity (Wildman–Crippen MR) is 65.7 cm³/mol. The standard InChI is InChI=1S/C13H22F3NO2/c1-10(2)12(13(14,15)16)19-11(18)6-9-17-7-4-3-5-8-17/h10,12H,3-9H2,1-2H3. The van der Waals surface area contributed by atoms with Crippen LogP contribution < -0.4 is 0 Å². The Morgan fingerprint density at radius 1 is 1.21 bits per heavy atom. The molecule has 0 N–H and O–H groups in total. The molecule has 0 aliphatic carbocycles. The van der Waals surface area contributed by atoms with Crippen molar-refractivity contribution in [2.45, 2.75) is 51.8 Å². The molecule has 1 saturated heterocycles. The van der Waals surface area contributed by atoms with Gasteiger partial charge in [-0.3, -0.25) is 4.79 Å². The van der Waals surface area contributed by atoms with Crippen molar-refractivity contribution < 1.29 is 22.7 Å². The number of ether oxygens (including phenoxy) is 1. The van der Waals surface area contributed by atoms with Gasteiger partial charge in [0, 0.05) is 6.54 Å². The largest absolute Gasteiger partial charge is 0.452 e. The fraction of sp³-hybridized carbons (Fsp3) is 0.923. The Hall–Kier alpha value is -0.780. The normalized spacial score (nSPS) is 19.5. The van der Waals surface area contributed by atoms with Gasteiger partial charge in [0.1, 0.15) is 0 Å². The molecule has 1 unspecified atom stereocenters. The van der Waals surface area contributed by atoms with Gasteiger partial charge in [-0.2, -0.15) is 13.2 Å². The Morgan fingerprint density at radius 3 is 2.26 bits per heavy atom. The van der Waals surface area contributed by atoms with E-state index in [-0.39, 0.29) is 6.42 Å². The SMILES string of the molecule is CC(C)C(OC(=O)CCN1CCCCC1)C(F)(F)F. The highest BCUT2D eigenvalue weighted by Crippen LogP contribution is 2.28. The summed E-state index contributed by atoms with van der Waals surface area (Å²) in [7, 11) is 0. The van der Waals surface area contributed by atoms with Crippen molar-refractivity contribution in [2.75, 3.05) is 19.6 Å². The van der Waals surface area contributed by atoms with Crippen molar-refractivity contribution in [1.82, 2.24) is 4.90 Å².